The average molecular weight is 541 g/mol. The van der Waals surface area contributed by atoms with E-state index in [9.17, 15) is 9.90 Å². The summed E-state index contributed by atoms with van der Waals surface area (Å²) < 4.78 is 2.40. The molecule has 1 fully saturated rings. The maximum absolute atomic E-state index is 13.5. The lowest BCUT2D eigenvalue weighted by Crippen LogP contribution is -2.44. The smallest absolute Gasteiger partial charge is 0.336 e. The predicted molar refractivity (Wildman–Crippen MR) is 146 cm³/mol. The van der Waals surface area contributed by atoms with Gasteiger partial charge in [-0.25, -0.2) is 14.3 Å². The number of aliphatic hydroxyl groups is 1. The van der Waals surface area contributed by atoms with E-state index in [2.05, 4.69) is 44.3 Å². The topological polar surface area (TPSA) is 115 Å². The molecule has 10 nitrogen and oxygen atoms in total. The second-order valence-corrected chi connectivity index (χ2v) is 9.62. The van der Waals surface area contributed by atoms with Crippen molar-refractivity contribution in [1.82, 2.24) is 24.0 Å². The first-order chi connectivity index (χ1) is 17.9. The SMILES string of the molecule is CN1CCN(c2ccc(Nc3ncc4c(=N)n(-c5c(Cl)cccc5Cl)c(=O)n(CCO)c4n3)cc2)CC1. The van der Waals surface area contributed by atoms with E-state index in [1.165, 1.54) is 10.8 Å². The number of hydrogen-bond donors (Lipinski definition) is 3. The van der Waals surface area contributed by atoms with Crippen LogP contribution in [0.1, 0.15) is 0 Å². The van der Waals surface area contributed by atoms with Gasteiger partial charge in [0.15, 0.2) is 5.65 Å². The minimum Gasteiger partial charge on any atom is -0.395 e. The van der Waals surface area contributed by atoms with Crippen LogP contribution in [0.4, 0.5) is 17.3 Å². The van der Waals surface area contributed by atoms with Gasteiger partial charge in [-0.15, -0.1) is 0 Å². The van der Waals surface area contributed by atoms with Gasteiger partial charge in [0.05, 0.1) is 34.3 Å². The number of likely N-dealkylation sites (N-methyl/N-ethyl adjacent to an activating group) is 1. The first kappa shape index (κ1) is 25.2. The molecule has 0 spiro atoms. The van der Waals surface area contributed by atoms with Crippen molar-refractivity contribution in [2.45, 2.75) is 6.54 Å². The molecule has 1 saturated heterocycles. The molecule has 0 aliphatic carbocycles. The van der Waals surface area contributed by atoms with Gasteiger partial charge >= 0.3 is 5.69 Å². The highest BCUT2D eigenvalue weighted by molar-refractivity contribution is 6.37. The molecule has 2 aromatic carbocycles. The summed E-state index contributed by atoms with van der Waals surface area (Å²) in [5, 5.41) is 22.3. The lowest BCUT2D eigenvalue weighted by atomic mass is 10.2. The van der Waals surface area contributed by atoms with Crippen LogP contribution < -0.4 is 21.4 Å². The van der Waals surface area contributed by atoms with Crippen LogP contribution in [0.5, 0.6) is 0 Å². The van der Waals surface area contributed by atoms with Crippen molar-refractivity contribution < 1.29 is 5.11 Å². The fraction of sp³-hybridized carbons (Fsp3) is 0.280. The van der Waals surface area contributed by atoms with Crippen LogP contribution in [0.2, 0.25) is 10.0 Å². The number of fused-ring (bicyclic) bond motifs is 1. The number of aliphatic hydroxyl groups excluding tert-OH is 1. The quantitative estimate of drug-likeness (QED) is 0.344. The molecular weight excluding hydrogens is 515 g/mol. The van der Waals surface area contributed by atoms with Crippen LogP contribution in [0.3, 0.4) is 0 Å². The maximum atomic E-state index is 13.5. The molecule has 0 atom stereocenters. The summed E-state index contributed by atoms with van der Waals surface area (Å²) in [6, 6.07) is 12.8. The van der Waals surface area contributed by atoms with Crippen molar-refractivity contribution in [1.29, 1.82) is 5.41 Å². The zero-order valence-corrected chi connectivity index (χ0v) is 21.7. The van der Waals surface area contributed by atoms with Crippen molar-refractivity contribution in [3.63, 3.8) is 0 Å². The third-order valence-electron chi connectivity index (χ3n) is 6.40. The van der Waals surface area contributed by atoms with Gasteiger partial charge in [-0.1, -0.05) is 29.3 Å². The first-order valence-corrected chi connectivity index (χ1v) is 12.6. The molecule has 0 saturated carbocycles. The molecule has 3 N–H and O–H groups in total. The van der Waals surface area contributed by atoms with E-state index < -0.39 is 5.69 Å². The highest BCUT2D eigenvalue weighted by atomic mass is 35.5. The lowest BCUT2D eigenvalue weighted by Gasteiger charge is -2.34. The second kappa shape index (κ2) is 10.5. The van der Waals surface area contributed by atoms with Crippen LogP contribution in [0, 0.1) is 5.41 Å². The summed E-state index contributed by atoms with van der Waals surface area (Å²) >= 11 is 12.7. The Labute approximate surface area is 222 Å². The summed E-state index contributed by atoms with van der Waals surface area (Å²) in [4.78, 5) is 27.0. The van der Waals surface area contributed by atoms with Gasteiger partial charge < -0.3 is 20.2 Å². The molecule has 1 aliphatic heterocycles. The number of halogens is 2. The standard InChI is InChI=1S/C25H26Cl2N8O2/c1-32-9-11-33(12-10-32)17-7-5-16(6-8-17)30-24-29-15-18-22(28)35(21-19(26)3-2-4-20(21)27)25(37)34(13-14-36)23(18)31-24/h2-8,15,28,36H,9-14H2,1H3,(H,29,30,31). The summed E-state index contributed by atoms with van der Waals surface area (Å²) in [6.07, 6.45) is 1.47. The minimum absolute atomic E-state index is 0.0339. The number of rotatable bonds is 6. The van der Waals surface area contributed by atoms with Gasteiger partial charge in [0.2, 0.25) is 5.95 Å². The van der Waals surface area contributed by atoms with E-state index in [4.69, 9.17) is 28.6 Å². The largest absolute Gasteiger partial charge is 0.395 e. The summed E-state index contributed by atoms with van der Waals surface area (Å²) in [6.45, 7) is 3.68. The molecule has 3 heterocycles. The van der Waals surface area contributed by atoms with Gasteiger partial charge in [0.25, 0.3) is 0 Å². The van der Waals surface area contributed by atoms with E-state index in [1.807, 2.05) is 12.1 Å². The molecular formula is C25H26Cl2N8O2. The summed E-state index contributed by atoms with van der Waals surface area (Å²) in [5.41, 5.74) is 1.59. The number of hydrogen-bond acceptors (Lipinski definition) is 8. The van der Waals surface area contributed by atoms with Crippen molar-refractivity contribution >= 4 is 51.6 Å². The Hall–Kier alpha value is -3.44. The van der Waals surface area contributed by atoms with E-state index in [0.717, 1.165) is 42.1 Å². The van der Waals surface area contributed by atoms with Gasteiger partial charge in [0.1, 0.15) is 5.49 Å². The molecule has 37 heavy (non-hydrogen) atoms. The zero-order valence-electron chi connectivity index (χ0n) is 20.2. The molecule has 4 aromatic rings. The Kier molecular flexibility index (Phi) is 7.16. The highest BCUT2D eigenvalue weighted by Gasteiger charge is 2.19. The van der Waals surface area contributed by atoms with Gasteiger partial charge in [-0.2, -0.15) is 4.98 Å². The molecule has 5 rings (SSSR count). The molecule has 192 valence electrons. The van der Waals surface area contributed by atoms with E-state index in [0.29, 0.717) is 5.39 Å². The normalized spacial score (nSPS) is 14.3. The van der Waals surface area contributed by atoms with E-state index >= 15 is 0 Å². The number of anilines is 3. The molecule has 0 bridgehead atoms. The van der Waals surface area contributed by atoms with Crippen LogP contribution in [-0.4, -0.2) is 68.9 Å². The summed E-state index contributed by atoms with van der Waals surface area (Å²) in [7, 11) is 2.13. The number of nitrogens with one attached hydrogen (secondary N) is 2. The van der Waals surface area contributed by atoms with Crippen LogP contribution in [0.15, 0.2) is 53.5 Å². The molecule has 0 unspecified atom stereocenters. The molecule has 0 radical (unpaired) electrons. The average Bonchev–Trinajstić information content (AvgIpc) is 2.89. The Balaban J connectivity index is 1.52. The Morgan fingerprint density at radius 1 is 1.05 bits per heavy atom. The Morgan fingerprint density at radius 2 is 1.73 bits per heavy atom. The van der Waals surface area contributed by atoms with Crippen LogP contribution >= 0.6 is 23.2 Å². The third-order valence-corrected chi connectivity index (χ3v) is 7.01. The molecule has 12 heteroatoms. The van der Waals surface area contributed by atoms with Gasteiger partial charge in [-0.3, -0.25) is 9.98 Å². The number of aromatic nitrogens is 4. The minimum atomic E-state index is -0.595. The van der Waals surface area contributed by atoms with Crippen molar-refractivity contribution in [3.8, 4) is 5.69 Å². The van der Waals surface area contributed by atoms with Gasteiger partial charge in [-0.05, 0) is 43.4 Å². The van der Waals surface area contributed by atoms with Crippen molar-refractivity contribution in [2.24, 2.45) is 0 Å². The summed E-state index contributed by atoms with van der Waals surface area (Å²) in [5.74, 6) is 0.263. The number of benzene rings is 2. The number of nitrogens with zero attached hydrogens (tertiary/aromatic N) is 6. The molecule has 2 aromatic heterocycles. The Morgan fingerprint density at radius 3 is 2.38 bits per heavy atom. The third kappa shape index (κ3) is 4.93. The van der Waals surface area contributed by atoms with Crippen molar-refractivity contribution in [3.05, 3.63) is 74.7 Å². The maximum Gasteiger partial charge on any atom is 0.336 e. The number of piperazine rings is 1. The second-order valence-electron chi connectivity index (χ2n) is 8.81. The zero-order chi connectivity index (χ0) is 26.1. The van der Waals surface area contributed by atoms with Crippen LogP contribution in [-0.2, 0) is 6.54 Å². The molecule has 1 aliphatic rings. The van der Waals surface area contributed by atoms with E-state index in [1.54, 1.807) is 18.2 Å². The molecule has 0 amide bonds. The van der Waals surface area contributed by atoms with E-state index in [-0.39, 0.29) is 46.0 Å². The van der Waals surface area contributed by atoms with Crippen molar-refractivity contribution in [2.75, 3.05) is 50.1 Å². The Bertz CT molecular complexity index is 1540. The van der Waals surface area contributed by atoms with Gasteiger partial charge in [0, 0.05) is 43.8 Å². The predicted octanol–water partition coefficient (Wildman–Crippen LogP) is 2.86. The number of para-hydroxylation sites is 1. The first-order valence-electron chi connectivity index (χ1n) is 11.8. The lowest BCUT2D eigenvalue weighted by molar-refractivity contribution is 0.274. The highest BCUT2D eigenvalue weighted by Crippen LogP contribution is 2.27. The fourth-order valence-electron chi connectivity index (χ4n) is 4.39. The monoisotopic (exact) mass is 540 g/mol. The van der Waals surface area contributed by atoms with Crippen LogP contribution in [0.25, 0.3) is 16.7 Å². The fourth-order valence-corrected chi connectivity index (χ4v) is 4.96.